The van der Waals surface area contributed by atoms with Crippen LogP contribution in [0.2, 0.25) is 0 Å². The van der Waals surface area contributed by atoms with Gasteiger partial charge in [0.05, 0.1) is 10.9 Å². The number of nitrogens with zero attached hydrogens (tertiary/aromatic N) is 3. The molecular weight excluding hydrogens is 364 g/mol. The van der Waals surface area contributed by atoms with Crippen molar-refractivity contribution in [3.63, 3.8) is 0 Å². The van der Waals surface area contributed by atoms with Crippen molar-refractivity contribution >= 4 is 22.8 Å². The number of hydrogen-bond donors (Lipinski definition) is 1. The number of benzene rings is 1. The fourth-order valence-corrected chi connectivity index (χ4v) is 5.01. The van der Waals surface area contributed by atoms with Gasteiger partial charge in [0.1, 0.15) is 17.9 Å². The number of aryl methyl sites for hydroxylation is 1. The van der Waals surface area contributed by atoms with Gasteiger partial charge in [-0.05, 0) is 50.0 Å². The number of hydrogen-bond acceptors (Lipinski definition) is 5. The lowest BCUT2D eigenvalue weighted by Crippen LogP contribution is -2.31. The van der Waals surface area contributed by atoms with Crippen LogP contribution in [0.1, 0.15) is 47.4 Å². The first kappa shape index (κ1) is 17.0. The fraction of sp³-hybridized carbons (Fsp3) is 0.435. The molecule has 1 unspecified atom stereocenters. The van der Waals surface area contributed by atoms with E-state index in [1.807, 2.05) is 11.8 Å². The maximum atomic E-state index is 13.5. The summed E-state index contributed by atoms with van der Waals surface area (Å²) >= 11 is 0. The summed E-state index contributed by atoms with van der Waals surface area (Å²) in [6.07, 6.45) is 3.72. The molecular formula is C23H24N4O2. The predicted molar refractivity (Wildman–Crippen MR) is 110 cm³/mol. The zero-order valence-electron chi connectivity index (χ0n) is 16.7. The molecule has 0 spiro atoms. The minimum Gasteiger partial charge on any atom is -0.442 e. The average molecular weight is 388 g/mol. The van der Waals surface area contributed by atoms with Crippen molar-refractivity contribution in [1.29, 1.82) is 0 Å². The molecule has 1 aromatic carbocycles. The van der Waals surface area contributed by atoms with E-state index in [0.717, 1.165) is 31.3 Å². The highest BCUT2D eigenvalue weighted by molar-refractivity contribution is 6.10. The van der Waals surface area contributed by atoms with Crippen molar-refractivity contribution in [2.75, 3.05) is 18.4 Å². The molecule has 3 atom stereocenters. The first-order valence-electron chi connectivity index (χ1n) is 10.4. The average Bonchev–Trinajstić information content (AvgIpc) is 3.51. The minimum atomic E-state index is 0.0408. The van der Waals surface area contributed by atoms with Crippen molar-refractivity contribution in [1.82, 2.24) is 14.9 Å². The van der Waals surface area contributed by atoms with Crippen LogP contribution in [-0.2, 0) is 0 Å². The lowest BCUT2D eigenvalue weighted by molar-refractivity contribution is 0.0772. The Labute approximate surface area is 169 Å². The van der Waals surface area contributed by atoms with Crippen molar-refractivity contribution < 1.29 is 9.21 Å². The van der Waals surface area contributed by atoms with E-state index in [-0.39, 0.29) is 11.4 Å². The molecule has 0 bridgehead atoms. The Kier molecular flexibility index (Phi) is 3.41. The van der Waals surface area contributed by atoms with Gasteiger partial charge in [-0.2, -0.15) is 0 Å². The molecule has 1 N–H and O–H groups in total. The van der Waals surface area contributed by atoms with Gasteiger partial charge in [0, 0.05) is 18.6 Å². The van der Waals surface area contributed by atoms with Crippen LogP contribution in [0.15, 0.2) is 41.1 Å². The number of nitrogens with one attached hydrogen (secondary N) is 1. The first-order chi connectivity index (χ1) is 14.0. The molecule has 3 fully saturated rings. The third kappa shape index (κ3) is 2.65. The van der Waals surface area contributed by atoms with Crippen LogP contribution in [0, 0.1) is 18.8 Å². The van der Waals surface area contributed by atoms with Gasteiger partial charge in [0.25, 0.3) is 5.91 Å². The molecule has 1 saturated heterocycles. The van der Waals surface area contributed by atoms with Crippen molar-refractivity contribution in [3.05, 3.63) is 53.5 Å². The van der Waals surface area contributed by atoms with Crippen LogP contribution in [0.25, 0.3) is 11.1 Å². The van der Waals surface area contributed by atoms with Gasteiger partial charge in [0.15, 0.2) is 0 Å². The molecule has 2 aliphatic carbocycles. The highest BCUT2D eigenvalue weighted by atomic mass is 16.3. The minimum absolute atomic E-state index is 0.0408. The Morgan fingerprint density at radius 2 is 1.90 bits per heavy atom. The number of fused-ring (bicyclic) bond motifs is 2. The molecule has 3 heterocycles. The maximum absolute atomic E-state index is 13.5. The molecule has 2 saturated carbocycles. The summed E-state index contributed by atoms with van der Waals surface area (Å²) in [5, 5.41) is 4.22. The molecule has 6 nitrogen and oxygen atoms in total. The Hall–Kier alpha value is -2.89. The molecule has 1 amide bonds. The molecule has 0 radical (unpaired) electrons. The Morgan fingerprint density at radius 3 is 2.59 bits per heavy atom. The summed E-state index contributed by atoms with van der Waals surface area (Å²) in [6, 6.07) is 10.7. The Morgan fingerprint density at radius 1 is 1.17 bits per heavy atom. The summed E-state index contributed by atoms with van der Waals surface area (Å²) in [5.41, 5.74) is 2.56. The van der Waals surface area contributed by atoms with Crippen LogP contribution in [0.4, 0.5) is 5.82 Å². The zero-order valence-corrected chi connectivity index (χ0v) is 16.7. The highest BCUT2D eigenvalue weighted by Gasteiger charge is 2.57. The third-order valence-corrected chi connectivity index (χ3v) is 6.96. The summed E-state index contributed by atoms with van der Waals surface area (Å²) in [6.45, 7) is 5.64. The quantitative estimate of drug-likeness (QED) is 0.732. The van der Waals surface area contributed by atoms with Crippen molar-refractivity contribution in [2.45, 2.75) is 38.1 Å². The van der Waals surface area contributed by atoms with E-state index in [9.17, 15) is 4.79 Å². The standard InChI is InChI=1S/C23H24N4O2/c1-13-17(19-20(26-23(2)8-9-23)24-12-25-21(19)29-13)22(28)27-10-15-16(11-27)18(15)14-6-4-3-5-7-14/h3-7,12,15-16,18H,8-11H2,1-2H3,(H,24,25,26)/t15-,16+,18?. The molecule has 29 heavy (non-hydrogen) atoms. The number of carbonyl (C=O) groups excluding carboxylic acids is 1. The van der Waals surface area contributed by atoms with Gasteiger partial charge >= 0.3 is 0 Å². The third-order valence-electron chi connectivity index (χ3n) is 6.96. The van der Waals surface area contributed by atoms with Gasteiger partial charge in [-0.15, -0.1) is 0 Å². The monoisotopic (exact) mass is 388 g/mol. The second-order valence-electron chi connectivity index (χ2n) is 9.10. The van der Waals surface area contributed by atoms with Crippen LogP contribution >= 0.6 is 0 Å². The number of amides is 1. The predicted octanol–water partition coefficient (Wildman–Crippen LogP) is 3.98. The number of carbonyl (C=O) groups is 1. The summed E-state index contributed by atoms with van der Waals surface area (Å²) in [7, 11) is 0. The van der Waals surface area contributed by atoms with Crippen LogP contribution in [0.5, 0.6) is 0 Å². The second kappa shape index (κ2) is 5.81. The molecule has 148 valence electrons. The number of likely N-dealkylation sites (tertiary alicyclic amines) is 1. The van der Waals surface area contributed by atoms with E-state index < -0.39 is 0 Å². The summed E-state index contributed by atoms with van der Waals surface area (Å²) in [5.74, 6) is 3.10. The van der Waals surface area contributed by atoms with E-state index in [1.165, 1.54) is 11.9 Å². The topological polar surface area (TPSA) is 71.3 Å². The molecule has 3 aliphatic rings. The number of rotatable bonds is 4. The van der Waals surface area contributed by atoms with Gasteiger partial charge in [-0.1, -0.05) is 30.3 Å². The van der Waals surface area contributed by atoms with Gasteiger partial charge in [-0.25, -0.2) is 9.97 Å². The first-order valence-corrected chi connectivity index (χ1v) is 10.4. The number of piperidine rings is 1. The summed E-state index contributed by atoms with van der Waals surface area (Å²) < 4.78 is 5.85. The largest absolute Gasteiger partial charge is 0.442 e. The van der Waals surface area contributed by atoms with E-state index >= 15 is 0 Å². The van der Waals surface area contributed by atoms with Gasteiger partial charge in [-0.3, -0.25) is 4.79 Å². The Balaban J connectivity index is 1.28. The highest BCUT2D eigenvalue weighted by Crippen LogP contribution is 2.58. The summed E-state index contributed by atoms with van der Waals surface area (Å²) in [4.78, 5) is 24.2. The SMILES string of the molecule is Cc1oc2ncnc(NC3(C)CC3)c2c1C(=O)N1C[C@@H]2C(c3ccccc3)[C@@H]2C1. The van der Waals surface area contributed by atoms with Gasteiger partial charge in [0.2, 0.25) is 5.71 Å². The molecule has 1 aliphatic heterocycles. The molecule has 6 rings (SSSR count). The van der Waals surface area contributed by atoms with E-state index in [0.29, 0.717) is 40.6 Å². The van der Waals surface area contributed by atoms with E-state index in [1.54, 1.807) is 0 Å². The fourth-order valence-electron chi connectivity index (χ4n) is 5.01. The molecule has 2 aromatic heterocycles. The lowest BCUT2D eigenvalue weighted by atomic mass is 10.1. The molecule has 3 aromatic rings. The second-order valence-corrected chi connectivity index (χ2v) is 9.10. The number of aromatic nitrogens is 2. The smallest absolute Gasteiger partial charge is 0.258 e. The van der Waals surface area contributed by atoms with Crippen molar-refractivity contribution in [2.24, 2.45) is 11.8 Å². The number of anilines is 1. The van der Waals surface area contributed by atoms with Crippen LogP contribution in [-0.4, -0.2) is 39.4 Å². The lowest BCUT2D eigenvalue weighted by Gasteiger charge is -2.20. The number of furan rings is 1. The Bertz CT molecular complexity index is 1110. The molecule has 6 heteroatoms. The zero-order chi connectivity index (χ0) is 19.8. The van der Waals surface area contributed by atoms with Crippen LogP contribution in [0.3, 0.4) is 0 Å². The maximum Gasteiger partial charge on any atom is 0.258 e. The van der Waals surface area contributed by atoms with E-state index in [2.05, 4.69) is 52.5 Å². The normalized spacial score (nSPS) is 26.4. The van der Waals surface area contributed by atoms with Crippen molar-refractivity contribution in [3.8, 4) is 0 Å². The van der Waals surface area contributed by atoms with Gasteiger partial charge < -0.3 is 14.6 Å². The van der Waals surface area contributed by atoms with E-state index in [4.69, 9.17) is 4.42 Å². The van der Waals surface area contributed by atoms with Crippen LogP contribution < -0.4 is 5.32 Å².